The van der Waals surface area contributed by atoms with E-state index in [1.54, 1.807) is 29.4 Å². The predicted molar refractivity (Wildman–Crippen MR) is 154 cm³/mol. The average Bonchev–Trinajstić information content (AvgIpc) is 3.63. The number of rotatable bonds is 6. The van der Waals surface area contributed by atoms with Gasteiger partial charge in [-0.15, -0.1) is 0 Å². The Morgan fingerprint density at radius 1 is 0.975 bits per heavy atom. The second kappa shape index (κ2) is 10.5. The SMILES string of the molecule is C=CC(=O)N1CCCC1c1nc(-c2ccc(C(=O)Nc3cc(-c4ccccc4)ccn3)cc2)c2c(N)nccn12. The van der Waals surface area contributed by atoms with E-state index >= 15 is 0 Å². The van der Waals surface area contributed by atoms with E-state index in [2.05, 4.69) is 21.9 Å². The zero-order valence-electron chi connectivity index (χ0n) is 21.7. The van der Waals surface area contributed by atoms with Crippen LogP contribution in [0.4, 0.5) is 11.6 Å². The second-order valence-corrected chi connectivity index (χ2v) is 9.57. The standard InChI is InChI=1S/C31H27N7O2/c1-2-26(39)37-17-6-9-24(37)30-36-27(28-29(32)34-16-18-38(28)30)21-10-12-22(13-11-21)31(40)35-25-19-23(14-15-33-25)20-7-4-3-5-8-20/h2-5,7-8,10-16,18-19,24H,1,6,9,17H2,(H2,32,34)(H,33,35,40). The van der Waals surface area contributed by atoms with Gasteiger partial charge in [0.1, 0.15) is 28.7 Å². The maximum Gasteiger partial charge on any atom is 0.256 e. The minimum Gasteiger partial charge on any atom is -0.382 e. The van der Waals surface area contributed by atoms with Crippen molar-refractivity contribution in [1.29, 1.82) is 0 Å². The molecule has 0 spiro atoms. The van der Waals surface area contributed by atoms with Crippen LogP contribution < -0.4 is 11.1 Å². The Hall–Kier alpha value is -5.31. The van der Waals surface area contributed by atoms with Gasteiger partial charge in [0.05, 0.1) is 6.04 Å². The summed E-state index contributed by atoms with van der Waals surface area (Å²) < 4.78 is 1.91. The number of amides is 2. The number of nitrogens with one attached hydrogen (secondary N) is 1. The fourth-order valence-corrected chi connectivity index (χ4v) is 5.22. The lowest BCUT2D eigenvalue weighted by molar-refractivity contribution is -0.127. The Kier molecular flexibility index (Phi) is 6.53. The van der Waals surface area contributed by atoms with E-state index in [0.717, 1.165) is 35.4 Å². The van der Waals surface area contributed by atoms with Gasteiger partial charge < -0.3 is 16.0 Å². The summed E-state index contributed by atoms with van der Waals surface area (Å²) in [4.78, 5) is 40.9. The Balaban J connectivity index is 1.29. The van der Waals surface area contributed by atoms with Gasteiger partial charge in [0, 0.05) is 36.3 Å². The molecule has 9 heteroatoms. The lowest BCUT2D eigenvalue weighted by Crippen LogP contribution is -2.29. The van der Waals surface area contributed by atoms with Gasteiger partial charge in [-0.05, 0) is 54.3 Å². The Morgan fingerprint density at radius 2 is 1.77 bits per heavy atom. The number of nitrogens with zero attached hydrogens (tertiary/aromatic N) is 5. The number of hydrogen-bond acceptors (Lipinski definition) is 6. The first-order valence-corrected chi connectivity index (χ1v) is 13.0. The molecule has 198 valence electrons. The number of benzene rings is 2. The number of likely N-dealkylation sites (tertiary alicyclic amines) is 1. The number of aromatic nitrogens is 4. The van der Waals surface area contributed by atoms with Crippen molar-refractivity contribution in [3.05, 3.63) is 109 Å². The number of carbonyl (C=O) groups is 2. The molecule has 9 nitrogen and oxygen atoms in total. The largest absolute Gasteiger partial charge is 0.382 e. The molecule has 1 unspecified atom stereocenters. The van der Waals surface area contributed by atoms with Crippen LogP contribution in [0.2, 0.25) is 0 Å². The molecular weight excluding hydrogens is 502 g/mol. The van der Waals surface area contributed by atoms with Crippen molar-refractivity contribution in [2.45, 2.75) is 18.9 Å². The summed E-state index contributed by atoms with van der Waals surface area (Å²) >= 11 is 0. The quantitative estimate of drug-likeness (QED) is 0.294. The average molecular weight is 530 g/mol. The molecule has 5 aromatic rings. The van der Waals surface area contributed by atoms with E-state index in [0.29, 0.717) is 35.0 Å². The van der Waals surface area contributed by atoms with Crippen LogP contribution >= 0.6 is 0 Å². The van der Waals surface area contributed by atoms with Crippen LogP contribution in [0, 0.1) is 0 Å². The molecule has 2 aromatic carbocycles. The molecule has 1 atom stereocenters. The molecule has 0 bridgehead atoms. The fourth-order valence-electron chi connectivity index (χ4n) is 5.22. The molecule has 6 rings (SSSR count). The van der Waals surface area contributed by atoms with Crippen molar-refractivity contribution < 1.29 is 9.59 Å². The summed E-state index contributed by atoms with van der Waals surface area (Å²) in [7, 11) is 0. The molecule has 1 fully saturated rings. The minimum absolute atomic E-state index is 0.123. The van der Waals surface area contributed by atoms with Crippen molar-refractivity contribution in [2.24, 2.45) is 0 Å². The first-order chi connectivity index (χ1) is 19.5. The van der Waals surface area contributed by atoms with Crippen molar-refractivity contribution in [3.8, 4) is 22.4 Å². The van der Waals surface area contributed by atoms with Crippen molar-refractivity contribution in [2.75, 3.05) is 17.6 Å². The molecule has 0 radical (unpaired) electrons. The smallest absolute Gasteiger partial charge is 0.256 e. The number of hydrogen-bond donors (Lipinski definition) is 2. The van der Waals surface area contributed by atoms with Gasteiger partial charge in [-0.2, -0.15) is 0 Å². The van der Waals surface area contributed by atoms with Crippen molar-refractivity contribution in [1.82, 2.24) is 24.3 Å². The molecule has 1 saturated heterocycles. The molecule has 1 aliphatic heterocycles. The molecule has 0 aliphatic carbocycles. The highest BCUT2D eigenvalue weighted by Crippen LogP contribution is 2.36. The zero-order valence-corrected chi connectivity index (χ0v) is 21.7. The van der Waals surface area contributed by atoms with Gasteiger partial charge in [-0.1, -0.05) is 49.0 Å². The summed E-state index contributed by atoms with van der Waals surface area (Å²) in [5.41, 5.74) is 10.9. The topological polar surface area (TPSA) is 119 Å². The van der Waals surface area contributed by atoms with Gasteiger partial charge in [0.25, 0.3) is 5.91 Å². The van der Waals surface area contributed by atoms with E-state index in [1.807, 2.05) is 65.2 Å². The van der Waals surface area contributed by atoms with Crippen LogP contribution in [-0.2, 0) is 4.79 Å². The van der Waals surface area contributed by atoms with Gasteiger partial charge in [0.15, 0.2) is 0 Å². The molecule has 3 N–H and O–H groups in total. The zero-order chi connectivity index (χ0) is 27.6. The summed E-state index contributed by atoms with van der Waals surface area (Å²) in [5, 5.41) is 2.88. The number of anilines is 2. The molecule has 1 aliphatic rings. The van der Waals surface area contributed by atoms with Gasteiger partial charge in [0.2, 0.25) is 5.91 Å². The number of pyridine rings is 1. The Morgan fingerprint density at radius 3 is 2.55 bits per heavy atom. The van der Waals surface area contributed by atoms with Gasteiger partial charge in [-0.3, -0.25) is 14.0 Å². The lowest BCUT2D eigenvalue weighted by Gasteiger charge is -2.22. The van der Waals surface area contributed by atoms with E-state index in [9.17, 15) is 9.59 Å². The highest BCUT2D eigenvalue weighted by atomic mass is 16.2. The fraction of sp³-hybridized carbons (Fsp3) is 0.129. The molecule has 4 heterocycles. The summed E-state index contributed by atoms with van der Waals surface area (Å²) in [6.45, 7) is 4.29. The molecule has 0 saturated carbocycles. The van der Waals surface area contributed by atoms with Crippen LogP contribution in [0.3, 0.4) is 0 Å². The van der Waals surface area contributed by atoms with E-state index in [1.165, 1.54) is 6.08 Å². The maximum absolute atomic E-state index is 13.0. The number of nitrogens with two attached hydrogens (primary N) is 1. The first-order valence-electron chi connectivity index (χ1n) is 13.0. The summed E-state index contributed by atoms with van der Waals surface area (Å²) in [6.07, 6.45) is 8.11. The monoisotopic (exact) mass is 529 g/mol. The van der Waals surface area contributed by atoms with Gasteiger partial charge in [-0.25, -0.2) is 15.0 Å². The third-order valence-electron chi connectivity index (χ3n) is 7.15. The number of carbonyl (C=O) groups excluding carboxylic acids is 2. The lowest BCUT2D eigenvalue weighted by atomic mass is 10.1. The number of fused-ring (bicyclic) bond motifs is 1. The van der Waals surface area contributed by atoms with E-state index in [-0.39, 0.29) is 17.9 Å². The second-order valence-electron chi connectivity index (χ2n) is 9.57. The highest BCUT2D eigenvalue weighted by Gasteiger charge is 2.33. The summed E-state index contributed by atoms with van der Waals surface area (Å²) in [5.74, 6) is 1.13. The Labute approximate surface area is 231 Å². The molecule has 40 heavy (non-hydrogen) atoms. The van der Waals surface area contributed by atoms with E-state index < -0.39 is 0 Å². The number of imidazole rings is 1. The highest BCUT2D eigenvalue weighted by molar-refractivity contribution is 6.04. The normalized spacial score (nSPS) is 14.8. The first kappa shape index (κ1) is 25.0. The predicted octanol–water partition coefficient (Wildman–Crippen LogP) is 5.14. The van der Waals surface area contributed by atoms with Crippen LogP contribution in [-0.4, -0.2) is 42.6 Å². The minimum atomic E-state index is -0.273. The maximum atomic E-state index is 13.0. The van der Waals surface area contributed by atoms with Crippen molar-refractivity contribution >= 4 is 29.0 Å². The van der Waals surface area contributed by atoms with Crippen molar-refractivity contribution in [3.63, 3.8) is 0 Å². The molecule has 2 amide bonds. The van der Waals surface area contributed by atoms with Crippen LogP contribution in [0.25, 0.3) is 27.9 Å². The van der Waals surface area contributed by atoms with Crippen LogP contribution in [0.5, 0.6) is 0 Å². The third-order valence-corrected chi connectivity index (χ3v) is 7.15. The molecule has 3 aromatic heterocycles. The third kappa shape index (κ3) is 4.58. The summed E-state index contributed by atoms with van der Waals surface area (Å²) in [6, 6.07) is 20.6. The molecular formula is C31H27N7O2. The number of nitrogen functional groups attached to an aromatic ring is 1. The Bertz CT molecular complexity index is 1730. The van der Waals surface area contributed by atoms with E-state index in [4.69, 9.17) is 10.7 Å². The van der Waals surface area contributed by atoms with Gasteiger partial charge >= 0.3 is 0 Å². The van der Waals surface area contributed by atoms with Crippen LogP contribution in [0.15, 0.2) is 98.0 Å². The van der Waals surface area contributed by atoms with Crippen LogP contribution in [0.1, 0.15) is 35.1 Å².